The first-order valence-corrected chi connectivity index (χ1v) is 12.4. The van der Waals surface area contributed by atoms with Crippen molar-refractivity contribution >= 4 is 0 Å². The normalized spacial score (nSPS) is 9.95. The zero-order chi connectivity index (χ0) is 26.2. The van der Waals surface area contributed by atoms with Gasteiger partial charge in [0.2, 0.25) is 0 Å². The Morgan fingerprint density at radius 3 is 1.21 bits per heavy atom. The van der Waals surface area contributed by atoms with Crippen LogP contribution in [0.15, 0.2) is 121 Å². The Kier molecular flexibility index (Phi) is 7.55. The molecule has 0 aliphatic rings. The Bertz CT molecular complexity index is 1520. The van der Waals surface area contributed by atoms with Crippen molar-refractivity contribution in [3.05, 3.63) is 155 Å². The monoisotopic (exact) mass is 490 g/mol. The summed E-state index contributed by atoms with van der Waals surface area (Å²) in [4.78, 5) is 0. The number of aryl methyl sites for hydroxylation is 2. The standard InChI is InChI=1S/C36H26O2/c1-27-13-21-33(22-14-27)37-35-26-36(38-34-23-15-28(2)16-24-34)32(20-18-30-11-7-4-8-12-30)25-31(35)19-17-29-9-5-3-6-10-29/h3-16,21-26H,1-2H3. The summed E-state index contributed by atoms with van der Waals surface area (Å²) in [5.41, 5.74) is 5.62. The van der Waals surface area contributed by atoms with Gasteiger partial charge in [-0.15, -0.1) is 0 Å². The van der Waals surface area contributed by atoms with Crippen LogP contribution in [-0.4, -0.2) is 0 Å². The van der Waals surface area contributed by atoms with Crippen molar-refractivity contribution in [2.24, 2.45) is 0 Å². The van der Waals surface area contributed by atoms with Gasteiger partial charge in [-0.3, -0.25) is 0 Å². The van der Waals surface area contributed by atoms with E-state index in [9.17, 15) is 0 Å². The third kappa shape index (κ3) is 6.52. The van der Waals surface area contributed by atoms with E-state index in [1.54, 1.807) is 0 Å². The van der Waals surface area contributed by atoms with E-state index < -0.39 is 0 Å². The molecule has 5 rings (SSSR count). The molecule has 0 spiro atoms. The first kappa shape index (κ1) is 24.5. The lowest BCUT2D eigenvalue weighted by molar-refractivity contribution is 0.458. The van der Waals surface area contributed by atoms with Gasteiger partial charge in [0.1, 0.15) is 23.0 Å². The SMILES string of the molecule is Cc1ccc(Oc2cc(Oc3ccc(C)cc3)c(C#Cc3ccccc3)cc2C#Cc2ccccc2)cc1. The molecule has 0 aliphatic carbocycles. The fraction of sp³-hybridized carbons (Fsp3) is 0.0556. The van der Waals surface area contributed by atoms with E-state index in [4.69, 9.17) is 9.47 Å². The summed E-state index contributed by atoms with van der Waals surface area (Å²) in [5.74, 6) is 15.8. The first-order valence-electron chi connectivity index (χ1n) is 12.4. The van der Waals surface area contributed by atoms with Crippen molar-refractivity contribution in [3.63, 3.8) is 0 Å². The van der Waals surface area contributed by atoms with Crippen molar-refractivity contribution < 1.29 is 9.47 Å². The van der Waals surface area contributed by atoms with Crippen LogP contribution >= 0.6 is 0 Å². The van der Waals surface area contributed by atoms with Crippen LogP contribution in [0, 0.1) is 37.5 Å². The Labute approximate surface area is 224 Å². The molecule has 2 heteroatoms. The molecule has 5 aromatic carbocycles. The molecule has 0 bridgehead atoms. The number of ether oxygens (including phenoxy) is 2. The summed E-state index contributed by atoms with van der Waals surface area (Å²) < 4.78 is 12.7. The molecule has 0 unspecified atom stereocenters. The highest BCUT2D eigenvalue weighted by Gasteiger charge is 2.13. The molecule has 0 aromatic heterocycles. The van der Waals surface area contributed by atoms with Gasteiger partial charge in [-0.25, -0.2) is 0 Å². The van der Waals surface area contributed by atoms with E-state index in [0.717, 1.165) is 44.9 Å². The lowest BCUT2D eigenvalue weighted by Gasteiger charge is -2.14. The molecule has 0 heterocycles. The Hall–Kier alpha value is -5.18. The van der Waals surface area contributed by atoms with Crippen molar-refractivity contribution in [2.75, 3.05) is 0 Å². The molecule has 0 fully saturated rings. The summed E-state index contributed by atoms with van der Waals surface area (Å²) in [6, 6.07) is 39.5. The van der Waals surface area contributed by atoms with Crippen molar-refractivity contribution in [1.82, 2.24) is 0 Å². The average molecular weight is 491 g/mol. The smallest absolute Gasteiger partial charge is 0.146 e. The maximum Gasteiger partial charge on any atom is 0.146 e. The van der Waals surface area contributed by atoms with Crippen LogP contribution < -0.4 is 9.47 Å². The minimum atomic E-state index is 0.602. The van der Waals surface area contributed by atoms with Crippen LogP contribution in [0.1, 0.15) is 33.4 Å². The molecule has 0 aliphatic heterocycles. The van der Waals surface area contributed by atoms with Gasteiger partial charge in [-0.05, 0) is 68.4 Å². The molecule has 0 radical (unpaired) electrons. The molecular formula is C36H26O2. The van der Waals surface area contributed by atoms with Gasteiger partial charge in [0.05, 0.1) is 11.1 Å². The molecule has 2 nitrogen and oxygen atoms in total. The zero-order valence-corrected chi connectivity index (χ0v) is 21.4. The van der Waals surface area contributed by atoms with Gasteiger partial charge in [0, 0.05) is 17.2 Å². The summed E-state index contributed by atoms with van der Waals surface area (Å²) in [5, 5.41) is 0. The van der Waals surface area contributed by atoms with Gasteiger partial charge in [0.15, 0.2) is 0 Å². The molecule has 5 aromatic rings. The zero-order valence-electron chi connectivity index (χ0n) is 21.4. The lowest BCUT2D eigenvalue weighted by Crippen LogP contribution is -1.95. The van der Waals surface area contributed by atoms with Crippen molar-refractivity contribution in [1.29, 1.82) is 0 Å². The van der Waals surface area contributed by atoms with E-state index in [-0.39, 0.29) is 0 Å². The molecule has 38 heavy (non-hydrogen) atoms. The number of hydrogen-bond donors (Lipinski definition) is 0. The highest BCUT2D eigenvalue weighted by Crippen LogP contribution is 2.35. The maximum absolute atomic E-state index is 6.34. The predicted octanol–water partition coefficient (Wildman–Crippen LogP) is 8.69. The Morgan fingerprint density at radius 1 is 0.421 bits per heavy atom. The second-order valence-corrected chi connectivity index (χ2v) is 8.91. The second kappa shape index (κ2) is 11.7. The lowest BCUT2D eigenvalue weighted by atomic mass is 10.1. The summed E-state index contributed by atoms with van der Waals surface area (Å²) in [6.45, 7) is 4.10. The molecule has 0 atom stereocenters. The second-order valence-electron chi connectivity index (χ2n) is 8.91. The molecule has 0 saturated heterocycles. The molecule has 0 N–H and O–H groups in total. The third-order valence-corrected chi connectivity index (χ3v) is 5.81. The molecule has 182 valence electrons. The largest absolute Gasteiger partial charge is 0.456 e. The first-order chi connectivity index (χ1) is 18.6. The van der Waals surface area contributed by atoms with Crippen LogP contribution in [0.5, 0.6) is 23.0 Å². The molecular weight excluding hydrogens is 464 g/mol. The number of rotatable bonds is 4. The highest BCUT2D eigenvalue weighted by atomic mass is 16.5. The minimum absolute atomic E-state index is 0.602. The van der Waals surface area contributed by atoms with Crippen LogP contribution in [0.3, 0.4) is 0 Å². The van der Waals surface area contributed by atoms with Crippen LogP contribution in [-0.2, 0) is 0 Å². The van der Waals surface area contributed by atoms with Crippen LogP contribution in [0.2, 0.25) is 0 Å². The van der Waals surface area contributed by atoms with E-state index >= 15 is 0 Å². The van der Waals surface area contributed by atoms with E-state index in [1.807, 2.05) is 135 Å². The Balaban J connectivity index is 1.63. The topological polar surface area (TPSA) is 18.5 Å². The highest BCUT2D eigenvalue weighted by molar-refractivity contribution is 5.62. The third-order valence-electron chi connectivity index (χ3n) is 5.81. The fourth-order valence-corrected chi connectivity index (χ4v) is 3.71. The van der Waals surface area contributed by atoms with Gasteiger partial charge in [-0.2, -0.15) is 0 Å². The van der Waals surface area contributed by atoms with Crippen molar-refractivity contribution in [2.45, 2.75) is 13.8 Å². The van der Waals surface area contributed by atoms with Crippen molar-refractivity contribution in [3.8, 4) is 46.7 Å². The molecule has 0 saturated carbocycles. The van der Waals surface area contributed by atoms with Gasteiger partial charge < -0.3 is 9.47 Å². The van der Waals surface area contributed by atoms with E-state index in [2.05, 4.69) is 23.7 Å². The number of benzene rings is 5. The van der Waals surface area contributed by atoms with Gasteiger partial charge in [-0.1, -0.05) is 95.5 Å². The predicted molar refractivity (Wildman–Crippen MR) is 154 cm³/mol. The van der Waals surface area contributed by atoms with Crippen LogP contribution in [0.25, 0.3) is 0 Å². The number of hydrogen-bond acceptors (Lipinski definition) is 2. The van der Waals surface area contributed by atoms with Crippen LogP contribution in [0.4, 0.5) is 0 Å². The van der Waals surface area contributed by atoms with E-state index in [1.165, 1.54) is 0 Å². The fourth-order valence-electron chi connectivity index (χ4n) is 3.71. The van der Waals surface area contributed by atoms with Gasteiger partial charge >= 0.3 is 0 Å². The average Bonchev–Trinajstić information content (AvgIpc) is 2.95. The molecule has 0 amide bonds. The minimum Gasteiger partial charge on any atom is -0.456 e. The van der Waals surface area contributed by atoms with Gasteiger partial charge in [0.25, 0.3) is 0 Å². The Morgan fingerprint density at radius 2 is 0.816 bits per heavy atom. The van der Waals surface area contributed by atoms with E-state index in [0.29, 0.717) is 11.5 Å². The summed E-state index contributed by atoms with van der Waals surface area (Å²) in [7, 11) is 0. The summed E-state index contributed by atoms with van der Waals surface area (Å²) in [6.07, 6.45) is 0. The summed E-state index contributed by atoms with van der Waals surface area (Å²) >= 11 is 0. The maximum atomic E-state index is 6.34. The quantitative estimate of drug-likeness (QED) is 0.235.